The second-order valence-electron chi connectivity index (χ2n) is 7.29. The Morgan fingerprint density at radius 3 is 2.82 bits per heavy atom. The molecule has 22 heavy (non-hydrogen) atoms. The van der Waals surface area contributed by atoms with Crippen molar-refractivity contribution in [1.82, 2.24) is 4.90 Å². The van der Waals surface area contributed by atoms with Crippen molar-refractivity contribution < 1.29 is 19.1 Å². The maximum absolute atomic E-state index is 13.0. The van der Waals surface area contributed by atoms with Gasteiger partial charge in [0.1, 0.15) is 11.5 Å². The zero-order valence-electron chi connectivity index (χ0n) is 13.2. The topological polar surface area (TPSA) is 55.8 Å². The van der Waals surface area contributed by atoms with Crippen LogP contribution in [0, 0.1) is 11.8 Å². The molecular formula is C17H23NO4. The normalized spacial score (nSPS) is 40.0. The molecule has 3 heterocycles. The predicted molar refractivity (Wildman–Crippen MR) is 78.9 cm³/mol. The van der Waals surface area contributed by atoms with E-state index in [9.17, 15) is 9.59 Å². The van der Waals surface area contributed by atoms with Crippen LogP contribution in [0.1, 0.15) is 39.5 Å². The van der Waals surface area contributed by atoms with E-state index >= 15 is 0 Å². The van der Waals surface area contributed by atoms with Crippen molar-refractivity contribution in [1.29, 1.82) is 0 Å². The number of ether oxygens (including phenoxy) is 2. The van der Waals surface area contributed by atoms with E-state index in [2.05, 4.69) is 0 Å². The molecule has 0 radical (unpaired) electrons. The van der Waals surface area contributed by atoms with Crippen LogP contribution >= 0.6 is 0 Å². The van der Waals surface area contributed by atoms with Gasteiger partial charge in [-0.3, -0.25) is 9.59 Å². The molecule has 1 unspecified atom stereocenters. The van der Waals surface area contributed by atoms with Gasteiger partial charge in [-0.05, 0) is 26.7 Å². The fourth-order valence-electron chi connectivity index (χ4n) is 4.63. The maximum Gasteiger partial charge on any atom is 0.313 e. The molecule has 1 spiro atoms. The Labute approximate surface area is 130 Å². The summed E-state index contributed by atoms with van der Waals surface area (Å²) in [5.41, 5.74) is -0.592. The molecule has 120 valence electrons. The van der Waals surface area contributed by atoms with Crippen LogP contribution in [0.25, 0.3) is 0 Å². The third-order valence-electron chi connectivity index (χ3n) is 5.52. The summed E-state index contributed by atoms with van der Waals surface area (Å²) >= 11 is 0. The molecule has 4 atom stereocenters. The summed E-state index contributed by atoms with van der Waals surface area (Å²) in [4.78, 5) is 27.4. The van der Waals surface area contributed by atoms with Gasteiger partial charge in [-0.25, -0.2) is 0 Å². The van der Waals surface area contributed by atoms with Gasteiger partial charge in [-0.1, -0.05) is 25.0 Å². The molecule has 0 aromatic rings. The maximum atomic E-state index is 13.0. The number of carbonyl (C=O) groups excluding carboxylic acids is 2. The molecule has 5 nitrogen and oxygen atoms in total. The van der Waals surface area contributed by atoms with Gasteiger partial charge in [0.05, 0.1) is 24.7 Å². The predicted octanol–water partition coefficient (Wildman–Crippen LogP) is 1.66. The third kappa shape index (κ3) is 1.87. The fraction of sp³-hybridized carbons (Fsp3) is 0.765. The van der Waals surface area contributed by atoms with Crippen molar-refractivity contribution in [3.05, 3.63) is 12.2 Å². The molecule has 0 aromatic heterocycles. The molecule has 5 heteroatoms. The smallest absolute Gasteiger partial charge is 0.313 e. The molecule has 4 aliphatic rings. The summed E-state index contributed by atoms with van der Waals surface area (Å²) < 4.78 is 11.5. The van der Waals surface area contributed by atoms with E-state index in [-0.39, 0.29) is 24.1 Å². The molecule has 2 saturated heterocycles. The first-order valence-electron chi connectivity index (χ1n) is 8.40. The molecule has 1 aliphatic carbocycles. The van der Waals surface area contributed by atoms with Crippen LogP contribution in [0.15, 0.2) is 12.2 Å². The second-order valence-corrected chi connectivity index (χ2v) is 7.29. The van der Waals surface area contributed by atoms with Crippen molar-refractivity contribution in [3.8, 4) is 0 Å². The first-order chi connectivity index (χ1) is 10.5. The zero-order chi connectivity index (χ0) is 15.5. The Morgan fingerprint density at radius 1 is 1.41 bits per heavy atom. The minimum absolute atomic E-state index is 0.0875. The van der Waals surface area contributed by atoms with E-state index in [1.54, 1.807) is 0 Å². The van der Waals surface area contributed by atoms with E-state index in [1.807, 2.05) is 30.9 Å². The third-order valence-corrected chi connectivity index (χ3v) is 5.52. The summed E-state index contributed by atoms with van der Waals surface area (Å²) in [7, 11) is 0. The number of amides is 1. The number of esters is 1. The Bertz CT molecular complexity index is 537. The lowest BCUT2D eigenvalue weighted by Crippen LogP contribution is -2.41. The van der Waals surface area contributed by atoms with Gasteiger partial charge < -0.3 is 14.4 Å². The fourth-order valence-corrected chi connectivity index (χ4v) is 4.63. The van der Waals surface area contributed by atoms with E-state index in [0.717, 1.165) is 12.8 Å². The summed E-state index contributed by atoms with van der Waals surface area (Å²) in [6.07, 6.45) is 7.99. The standard InChI is InChI=1S/C17H23NO4/c1-10(2)21-16(20)13-12-7-8-17(22-12)9-18(15(19)14(13)17)11-5-3-4-6-11/h7-8,10-14H,3-6,9H2,1-2H3/t12-,13+,14-,17?/m1/s1. The van der Waals surface area contributed by atoms with Crippen LogP contribution in [-0.2, 0) is 19.1 Å². The number of hydrogen-bond acceptors (Lipinski definition) is 4. The van der Waals surface area contributed by atoms with Crippen LogP contribution < -0.4 is 0 Å². The van der Waals surface area contributed by atoms with Crippen LogP contribution in [0.2, 0.25) is 0 Å². The van der Waals surface area contributed by atoms with Gasteiger partial charge in [0.2, 0.25) is 5.91 Å². The largest absolute Gasteiger partial charge is 0.463 e. The summed E-state index contributed by atoms with van der Waals surface area (Å²) in [6, 6.07) is 0.324. The average Bonchev–Trinajstić information content (AvgIpc) is 3.18. The van der Waals surface area contributed by atoms with Gasteiger partial charge in [-0.15, -0.1) is 0 Å². The number of hydrogen-bond donors (Lipinski definition) is 0. The highest BCUT2D eigenvalue weighted by molar-refractivity contribution is 5.91. The first-order valence-corrected chi connectivity index (χ1v) is 8.40. The Morgan fingerprint density at radius 2 is 2.14 bits per heavy atom. The van der Waals surface area contributed by atoms with Gasteiger partial charge in [0, 0.05) is 6.04 Å². The first kappa shape index (κ1) is 14.2. The second kappa shape index (κ2) is 4.82. The molecule has 3 fully saturated rings. The van der Waals surface area contributed by atoms with Gasteiger partial charge in [0.15, 0.2) is 0 Å². The number of carbonyl (C=O) groups is 2. The van der Waals surface area contributed by atoms with Gasteiger partial charge >= 0.3 is 5.97 Å². The SMILES string of the molecule is CC(C)OC(=O)[C@H]1[C@H]2C=CC3(CN(C4CCCC4)C(=O)[C@@H]13)O2. The monoisotopic (exact) mass is 305 g/mol. The molecule has 4 rings (SSSR count). The highest BCUT2D eigenvalue weighted by Gasteiger charge is 2.68. The number of fused-ring (bicyclic) bond motifs is 1. The molecule has 1 amide bonds. The van der Waals surface area contributed by atoms with E-state index < -0.39 is 17.4 Å². The average molecular weight is 305 g/mol. The van der Waals surface area contributed by atoms with Gasteiger partial charge in [0.25, 0.3) is 0 Å². The lowest BCUT2D eigenvalue weighted by Gasteiger charge is -2.27. The Balaban J connectivity index is 1.61. The Kier molecular flexibility index (Phi) is 3.12. The summed E-state index contributed by atoms with van der Waals surface area (Å²) in [5, 5.41) is 0. The zero-order valence-corrected chi connectivity index (χ0v) is 13.2. The van der Waals surface area contributed by atoms with Crippen molar-refractivity contribution >= 4 is 11.9 Å². The van der Waals surface area contributed by atoms with Gasteiger partial charge in [-0.2, -0.15) is 0 Å². The lowest BCUT2D eigenvalue weighted by molar-refractivity contribution is -0.157. The summed E-state index contributed by atoms with van der Waals surface area (Å²) in [5.74, 6) is -1.08. The number of likely N-dealkylation sites (tertiary alicyclic amines) is 1. The summed E-state index contributed by atoms with van der Waals surface area (Å²) in [6.45, 7) is 4.26. The molecule has 3 aliphatic heterocycles. The van der Waals surface area contributed by atoms with Crippen molar-refractivity contribution in [2.24, 2.45) is 11.8 Å². The van der Waals surface area contributed by atoms with Crippen molar-refractivity contribution in [3.63, 3.8) is 0 Å². The lowest BCUT2D eigenvalue weighted by atomic mass is 9.77. The molecule has 2 bridgehead atoms. The van der Waals surface area contributed by atoms with Crippen LogP contribution in [0.3, 0.4) is 0 Å². The van der Waals surface area contributed by atoms with Crippen LogP contribution in [-0.4, -0.2) is 47.2 Å². The number of rotatable bonds is 3. The molecular weight excluding hydrogens is 282 g/mol. The Hall–Kier alpha value is -1.36. The van der Waals surface area contributed by atoms with Crippen molar-refractivity contribution in [2.75, 3.05) is 6.54 Å². The number of nitrogens with zero attached hydrogens (tertiary/aromatic N) is 1. The van der Waals surface area contributed by atoms with E-state index in [0.29, 0.717) is 12.6 Å². The minimum Gasteiger partial charge on any atom is -0.463 e. The highest BCUT2D eigenvalue weighted by atomic mass is 16.6. The quantitative estimate of drug-likeness (QED) is 0.588. The van der Waals surface area contributed by atoms with E-state index in [1.165, 1.54) is 12.8 Å². The minimum atomic E-state index is -0.592. The van der Waals surface area contributed by atoms with Crippen LogP contribution in [0.4, 0.5) is 0 Å². The van der Waals surface area contributed by atoms with Crippen LogP contribution in [0.5, 0.6) is 0 Å². The highest BCUT2D eigenvalue weighted by Crippen LogP contribution is 2.53. The molecule has 0 aromatic carbocycles. The van der Waals surface area contributed by atoms with E-state index in [4.69, 9.17) is 9.47 Å². The van der Waals surface area contributed by atoms with Crippen molar-refractivity contribution in [2.45, 2.75) is 63.4 Å². The molecule has 0 N–H and O–H groups in total. The molecule has 1 saturated carbocycles.